The van der Waals surface area contributed by atoms with Crippen molar-refractivity contribution >= 4 is 5.78 Å². The van der Waals surface area contributed by atoms with Gasteiger partial charge in [0.05, 0.1) is 6.04 Å². The smallest absolute Gasteiger partial charge is 0.149 e. The van der Waals surface area contributed by atoms with Crippen LogP contribution in [0.1, 0.15) is 39.5 Å². The van der Waals surface area contributed by atoms with Crippen LogP contribution in [-0.4, -0.2) is 25.5 Å². The molecule has 0 rings (SSSR count). The summed E-state index contributed by atoms with van der Waals surface area (Å²) in [6.45, 7) is 4.80. The first-order chi connectivity index (χ1) is 6.61. The predicted octanol–water partition coefficient (Wildman–Crippen LogP) is 1.75. The van der Waals surface area contributed by atoms with Crippen LogP contribution in [0, 0.1) is 5.92 Å². The van der Waals surface area contributed by atoms with Crippen LogP contribution in [0.4, 0.5) is 0 Å². The molecule has 0 aromatic rings. The molecule has 0 heterocycles. The van der Waals surface area contributed by atoms with Crippen molar-refractivity contribution in [3.8, 4) is 0 Å². The molecule has 0 fully saturated rings. The van der Waals surface area contributed by atoms with Crippen molar-refractivity contribution < 1.29 is 9.53 Å². The molecule has 0 saturated heterocycles. The lowest BCUT2D eigenvalue weighted by molar-refractivity contribution is -0.121. The Balaban J connectivity index is 3.71. The van der Waals surface area contributed by atoms with Crippen LogP contribution in [0.2, 0.25) is 0 Å². The molecule has 0 bridgehead atoms. The lowest BCUT2D eigenvalue weighted by atomic mass is 9.96. The Bertz CT molecular complexity index is 159. The number of hydrogen-bond donors (Lipinski definition) is 1. The quantitative estimate of drug-likeness (QED) is 0.651. The highest BCUT2D eigenvalue weighted by Crippen LogP contribution is 2.11. The Morgan fingerprint density at radius 2 is 2.07 bits per heavy atom. The maximum Gasteiger partial charge on any atom is 0.149 e. The molecule has 2 atom stereocenters. The molecular formula is C11H23NO2. The first-order valence-electron chi connectivity index (χ1n) is 5.39. The molecule has 0 spiro atoms. The summed E-state index contributed by atoms with van der Waals surface area (Å²) in [5.74, 6) is 0.629. The molecule has 0 aliphatic carbocycles. The van der Waals surface area contributed by atoms with E-state index in [1.54, 1.807) is 7.11 Å². The van der Waals surface area contributed by atoms with Crippen molar-refractivity contribution in [2.45, 2.75) is 45.6 Å². The van der Waals surface area contributed by atoms with E-state index in [0.29, 0.717) is 25.4 Å². The molecule has 2 N–H and O–H groups in total. The first-order valence-corrected chi connectivity index (χ1v) is 5.39. The number of hydrogen-bond acceptors (Lipinski definition) is 3. The van der Waals surface area contributed by atoms with E-state index in [9.17, 15) is 4.79 Å². The van der Waals surface area contributed by atoms with Crippen molar-refractivity contribution in [2.75, 3.05) is 13.7 Å². The van der Waals surface area contributed by atoms with E-state index in [1.807, 2.05) is 0 Å². The van der Waals surface area contributed by atoms with Gasteiger partial charge in [0, 0.05) is 20.1 Å². The molecule has 0 radical (unpaired) electrons. The standard InChI is InChI=1S/C11H23NO2/c1-4-5-9(2)8-11(13)10(12)6-7-14-3/h9-10H,4-8,12H2,1-3H3. The minimum atomic E-state index is -0.339. The van der Waals surface area contributed by atoms with E-state index < -0.39 is 0 Å². The highest BCUT2D eigenvalue weighted by atomic mass is 16.5. The fraction of sp³-hybridized carbons (Fsp3) is 0.909. The lowest BCUT2D eigenvalue weighted by Crippen LogP contribution is -2.32. The molecular weight excluding hydrogens is 178 g/mol. The van der Waals surface area contributed by atoms with Gasteiger partial charge in [-0.15, -0.1) is 0 Å². The third-order valence-corrected chi connectivity index (χ3v) is 2.38. The number of ketones is 1. The maximum absolute atomic E-state index is 11.6. The molecule has 3 heteroatoms. The van der Waals surface area contributed by atoms with Gasteiger partial charge in [0.25, 0.3) is 0 Å². The molecule has 0 aromatic carbocycles. The normalized spacial score (nSPS) is 15.1. The Hall–Kier alpha value is -0.410. The van der Waals surface area contributed by atoms with Crippen LogP contribution < -0.4 is 5.73 Å². The predicted molar refractivity (Wildman–Crippen MR) is 58.2 cm³/mol. The number of rotatable bonds is 8. The van der Waals surface area contributed by atoms with E-state index in [0.717, 1.165) is 12.8 Å². The zero-order valence-corrected chi connectivity index (χ0v) is 9.58. The van der Waals surface area contributed by atoms with Crippen LogP contribution in [0.3, 0.4) is 0 Å². The Labute approximate surface area is 87.0 Å². The van der Waals surface area contributed by atoms with E-state index in [4.69, 9.17) is 10.5 Å². The monoisotopic (exact) mass is 201 g/mol. The summed E-state index contributed by atoms with van der Waals surface area (Å²) in [5.41, 5.74) is 5.72. The summed E-state index contributed by atoms with van der Waals surface area (Å²) in [7, 11) is 1.62. The number of ether oxygens (including phenoxy) is 1. The largest absolute Gasteiger partial charge is 0.385 e. The lowest BCUT2D eigenvalue weighted by Gasteiger charge is -2.13. The van der Waals surface area contributed by atoms with Crippen LogP contribution in [0.15, 0.2) is 0 Å². The SMILES string of the molecule is CCCC(C)CC(=O)C(N)CCOC. The summed E-state index contributed by atoms with van der Waals surface area (Å²) in [6, 6.07) is -0.339. The van der Waals surface area contributed by atoms with Crippen LogP contribution in [0.5, 0.6) is 0 Å². The molecule has 0 saturated carbocycles. The van der Waals surface area contributed by atoms with E-state index >= 15 is 0 Å². The van der Waals surface area contributed by atoms with Gasteiger partial charge in [0.2, 0.25) is 0 Å². The second-order valence-electron chi connectivity index (χ2n) is 3.95. The molecule has 3 nitrogen and oxygen atoms in total. The van der Waals surface area contributed by atoms with Crippen molar-refractivity contribution in [1.29, 1.82) is 0 Å². The summed E-state index contributed by atoms with van der Waals surface area (Å²) in [5, 5.41) is 0. The van der Waals surface area contributed by atoms with Gasteiger partial charge < -0.3 is 10.5 Å². The van der Waals surface area contributed by atoms with Crippen LogP contribution >= 0.6 is 0 Å². The van der Waals surface area contributed by atoms with Crippen LogP contribution in [0.25, 0.3) is 0 Å². The molecule has 0 amide bonds. The number of carbonyl (C=O) groups excluding carboxylic acids is 1. The summed E-state index contributed by atoms with van der Waals surface area (Å²) >= 11 is 0. The second-order valence-corrected chi connectivity index (χ2v) is 3.95. The molecule has 0 aliphatic rings. The number of Topliss-reactive ketones (excluding diaryl/α,β-unsaturated/α-hetero) is 1. The molecule has 0 aromatic heterocycles. The summed E-state index contributed by atoms with van der Waals surface area (Å²) in [6.07, 6.45) is 3.47. The van der Waals surface area contributed by atoms with Gasteiger partial charge in [-0.2, -0.15) is 0 Å². The highest BCUT2D eigenvalue weighted by Gasteiger charge is 2.15. The van der Waals surface area contributed by atoms with E-state index in [1.165, 1.54) is 0 Å². The average Bonchev–Trinajstić information content (AvgIpc) is 2.14. The summed E-state index contributed by atoms with van der Waals surface area (Å²) < 4.78 is 4.88. The van der Waals surface area contributed by atoms with Gasteiger partial charge in [0.15, 0.2) is 0 Å². The second kappa shape index (κ2) is 7.94. The Kier molecular flexibility index (Phi) is 7.71. The van der Waals surface area contributed by atoms with Gasteiger partial charge in [-0.3, -0.25) is 4.79 Å². The average molecular weight is 201 g/mol. The fourth-order valence-electron chi connectivity index (χ4n) is 1.50. The molecule has 2 unspecified atom stereocenters. The highest BCUT2D eigenvalue weighted by molar-refractivity contribution is 5.83. The first kappa shape index (κ1) is 13.6. The van der Waals surface area contributed by atoms with E-state index in [-0.39, 0.29) is 11.8 Å². The molecule has 0 aliphatic heterocycles. The zero-order chi connectivity index (χ0) is 11.0. The minimum Gasteiger partial charge on any atom is -0.385 e. The molecule has 14 heavy (non-hydrogen) atoms. The number of carbonyl (C=O) groups is 1. The van der Waals surface area contributed by atoms with Gasteiger partial charge >= 0.3 is 0 Å². The van der Waals surface area contributed by atoms with Crippen molar-refractivity contribution in [3.63, 3.8) is 0 Å². The summed E-state index contributed by atoms with van der Waals surface area (Å²) in [4.78, 5) is 11.6. The Morgan fingerprint density at radius 3 is 2.57 bits per heavy atom. The fourth-order valence-corrected chi connectivity index (χ4v) is 1.50. The minimum absolute atomic E-state index is 0.169. The Morgan fingerprint density at radius 1 is 1.43 bits per heavy atom. The zero-order valence-electron chi connectivity index (χ0n) is 9.58. The van der Waals surface area contributed by atoms with Gasteiger partial charge in [-0.25, -0.2) is 0 Å². The third-order valence-electron chi connectivity index (χ3n) is 2.38. The van der Waals surface area contributed by atoms with Crippen molar-refractivity contribution in [1.82, 2.24) is 0 Å². The van der Waals surface area contributed by atoms with E-state index in [2.05, 4.69) is 13.8 Å². The third kappa shape index (κ3) is 6.11. The van der Waals surface area contributed by atoms with Crippen LogP contribution in [-0.2, 0) is 9.53 Å². The molecule has 84 valence electrons. The van der Waals surface area contributed by atoms with Gasteiger partial charge in [-0.1, -0.05) is 26.7 Å². The van der Waals surface area contributed by atoms with Gasteiger partial charge in [0.1, 0.15) is 5.78 Å². The van der Waals surface area contributed by atoms with Crippen molar-refractivity contribution in [2.24, 2.45) is 11.7 Å². The van der Waals surface area contributed by atoms with Crippen molar-refractivity contribution in [3.05, 3.63) is 0 Å². The topological polar surface area (TPSA) is 52.3 Å². The van der Waals surface area contributed by atoms with Gasteiger partial charge in [-0.05, 0) is 12.3 Å². The number of nitrogens with two attached hydrogens (primary N) is 1. The number of methoxy groups -OCH3 is 1. The maximum atomic E-state index is 11.6.